The van der Waals surface area contributed by atoms with Gasteiger partial charge in [-0.1, -0.05) is 0 Å². The van der Waals surface area contributed by atoms with E-state index in [0.717, 1.165) is 47.8 Å². The third kappa shape index (κ3) is 4.09. The molecule has 1 aliphatic carbocycles. The molecule has 4 rings (SSSR count). The van der Waals surface area contributed by atoms with Crippen LogP contribution in [-0.2, 0) is 4.74 Å². The largest absolute Gasteiger partial charge is 0.444 e. The number of alkyl carbamates (subject to hydrolysis) is 1. The molecule has 1 aliphatic rings. The average molecular weight is 412 g/mol. The fourth-order valence-corrected chi connectivity index (χ4v) is 4.22. The summed E-state index contributed by atoms with van der Waals surface area (Å²) in [4.78, 5) is 25.8. The van der Waals surface area contributed by atoms with Crippen LogP contribution in [0.4, 0.5) is 4.79 Å². The normalized spacial score (nSPS) is 21.0. The van der Waals surface area contributed by atoms with Crippen LogP contribution in [-0.4, -0.2) is 42.4 Å². The fraction of sp³-hybridized carbons (Fsp3) is 0.545. The number of carbonyl (C=O) groups is 1. The number of imidazole rings is 1. The van der Waals surface area contributed by atoms with E-state index >= 15 is 0 Å². The smallest absolute Gasteiger partial charge is 0.407 e. The molecule has 0 saturated heterocycles. The summed E-state index contributed by atoms with van der Waals surface area (Å²) in [6.07, 6.45) is 5.82. The molecule has 8 heteroatoms. The molecule has 0 bridgehead atoms. The standard InChI is InChI=1S/C22H29N5O3/c1-13(28)20-26-17-12-24-16-6-5-11-23-18(16)19(17)27(20)15-9-7-14(8-10-15)25-21(29)30-22(2,3)4/h5-6,11-15,28H,7-10H2,1-4H3,(H,25,29)/t13-,14-,15-/m1/s1. The lowest BCUT2D eigenvalue weighted by Crippen LogP contribution is -2.41. The Balaban J connectivity index is 1.60. The number of hydrogen-bond donors (Lipinski definition) is 2. The van der Waals surface area contributed by atoms with Gasteiger partial charge in [-0.25, -0.2) is 9.78 Å². The Morgan fingerprint density at radius 3 is 2.63 bits per heavy atom. The lowest BCUT2D eigenvalue weighted by molar-refractivity contribution is 0.0488. The van der Waals surface area contributed by atoms with E-state index in [1.807, 2.05) is 32.9 Å². The highest BCUT2D eigenvalue weighted by atomic mass is 16.6. The van der Waals surface area contributed by atoms with Crippen molar-refractivity contribution in [1.29, 1.82) is 0 Å². The maximum atomic E-state index is 12.1. The predicted molar refractivity (Wildman–Crippen MR) is 114 cm³/mol. The van der Waals surface area contributed by atoms with Crippen molar-refractivity contribution < 1.29 is 14.6 Å². The molecule has 1 amide bonds. The van der Waals surface area contributed by atoms with Crippen LogP contribution in [0.1, 0.15) is 71.3 Å². The summed E-state index contributed by atoms with van der Waals surface area (Å²) in [5.41, 5.74) is 2.75. The summed E-state index contributed by atoms with van der Waals surface area (Å²) in [7, 11) is 0. The second-order valence-corrected chi connectivity index (χ2v) is 9.03. The van der Waals surface area contributed by atoms with Crippen molar-refractivity contribution in [3.63, 3.8) is 0 Å². The van der Waals surface area contributed by atoms with Crippen molar-refractivity contribution in [1.82, 2.24) is 24.8 Å². The Morgan fingerprint density at radius 1 is 1.23 bits per heavy atom. The van der Waals surface area contributed by atoms with E-state index in [1.54, 1.807) is 19.3 Å². The first-order valence-corrected chi connectivity index (χ1v) is 10.5. The molecule has 0 aliphatic heterocycles. The number of ether oxygens (including phenoxy) is 1. The Morgan fingerprint density at radius 2 is 1.97 bits per heavy atom. The minimum absolute atomic E-state index is 0.0809. The van der Waals surface area contributed by atoms with E-state index in [2.05, 4.69) is 24.8 Å². The summed E-state index contributed by atoms with van der Waals surface area (Å²) >= 11 is 0. The molecule has 0 unspecified atom stereocenters. The Kier molecular flexibility index (Phi) is 5.36. The van der Waals surface area contributed by atoms with Gasteiger partial charge in [0.15, 0.2) is 0 Å². The molecule has 2 N–H and O–H groups in total. The van der Waals surface area contributed by atoms with Crippen LogP contribution in [0, 0.1) is 0 Å². The molecule has 30 heavy (non-hydrogen) atoms. The second kappa shape index (κ2) is 7.83. The highest BCUT2D eigenvalue weighted by molar-refractivity contribution is 5.99. The topological polar surface area (TPSA) is 102 Å². The van der Waals surface area contributed by atoms with Crippen LogP contribution in [0.5, 0.6) is 0 Å². The lowest BCUT2D eigenvalue weighted by Gasteiger charge is -2.32. The summed E-state index contributed by atoms with van der Waals surface area (Å²) in [5.74, 6) is 0.633. The maximum Gasteiger partial charge on any atom is 0.407 e. The maximum absolute atomic E-state index is 12.1. The number of carbonyl (C=O) groups excluding carboxylic acids is 1. The van der Waals surface area contributed by atoms with Crippen molar-refractivity contribution >= 4 is 28.2 Å². The molecule has 1 atom stereocenters. The number of aliphatic hydroxyl groups excluding tert-OH is 1. The third-order valence-electron chi connectivity index (χ3n) is 5.46. The second-order valence-electron chi connectivity index (χ2n) is 9.03. The van der Waals surface area contributed by atoms with E-state index in [9.17, 15) is 9.90 Å². The van der Waals surface area contributed by atoms with Crippen molar-refractivity contribution in [2.24, 2.45) is 0 Å². The van der Waals surface area contributed by atoms with Gasteiger partial charge < -0.3 is 19.7 Å². The molecule has 0 spiro atoms. The number of nitrogens with zero attached hydrogens (tertiary/aromatic N) is 4. The minimum atomic E-state index is -0.700. The van der Waals surface area contributed by atoms with Crippen LogP contribution < -0.4 is 5.32 Å². The van der Waals surface area contributed by atoms with Crippen LogP contribution in [0.25, 0.3) is 22.1 Å². The van der Waals surface area contributed by atoms with Gasteiger partial charge in [0.05, 0.1) is 17.2 Å². The van der Waals surface area contributed by atoms with Crippen LogP contribution in [0.15, 0.2) is 24.5 Å². The molecule has 3 aromatic rings. The average Bonchev–Trinajstić information content (AvgIpc) is 3.07. The summed E-state index contributed by atoms with van der Waals surface area (Å²) in [6, 6.07) is 4.05. The van der Waals surface area contributed by atoms with Gasteiger partial charge in [-0.3, -0.25) is 9.97 Å². The number of hydrogen-bond acceptors (Lipinski definition) is 6. The van der Waals surface area contributed by atoms with Crippen LogP contribution in [0.2, 0.25) is 0 Å². The Hall–Kier alpha value is -2.74. The number of amides is 1. The molecule has 3 heterocycles. The van der Waals surface area contributed by atoms with E-state index in [-0.39, 0.29) is 18.2 Å². The lowest BCUT2D eigenvalue weighted by atomic mass is 9.90. The van der Waals surface area contributed by atoms with Gasteiger partial charge >= 0.3 is 6.09 Å². The van der Waals surface area contributed by atoms with Gasteiger partial charge in [-0.15, -0.1) is 0 Å². The van der Waals surface area contributed by atoms with Crippen LogP contribution in [0.3, 0.4) is 0 Å². The number of aromatic nitrogens is 4. The van der Waals surface area contributed by atoms with Crippen molar-refractivity contribution in [3.8, 4) is 0 Å². The molecular formula is C22H29N5O3. The van der Waals surface area contributed by atoms with Gasteiger partial charge in [0.25, 0.3) is 0 Å². The van der Waals surface area contributed by atoms with E-state index in [4.69, 9.17) is 4.74 Å². The van der Waals surface area contributed by atoms with E-state index < -0.39 is 11.7 Å². The van der Waals surface area contributed by atoms with Crippen LogP contribution >= 0.6 is 0 Å². The summed E-state index contributed by atoms with van der Waals surface area (Å²) < 4.78 is 7.52. The number of rotatable bonds is 3. The van der Waals surface area contributed by atoms with Gasteiger partial charge in [0, 0.05) is 18.3 Å². The van der Waals surface area contributed by atoms with Crippen molar-refractivity contribution in [2.45, 2.75) is 77.2 Å². The first-order chi connectivity index (χ1) is 14.2. The van der Waals surface area contributed by atoms with Gasteiger partial charge in [-0.2, -0.15) is 0 Å². The predicted octanol–water partition coefficient (Wildman–Crippen LogP) is 4.04. The van der Waals surface area contributed by atoms with Crippen molar-refractivity contribution in [3.05, 3.63) is 30.4 Å². The monoisotopic (exact) mass is 411 g/mol. The van der Waals surface area contributed by atoms with E-state index in [1.165, 1.54) is 0 Å². The zero-order chi connectivity index (χ0) is 21.5. The zero-order valence-corrected chi connectivity index (χ0v) is 17.9. The molecule has 1 saturated carbocycles. The third-order valence-corrected chi connectivity index (χ3v) is 5.46. The highest BCUT2D eigenvalue weighted by Gasteiger charge is 2.29. The minimum Gasteiger partial charge on any atom is -0.444 e. The summed E-state index contributed by atoms with van der Waals surface area (Å²) in [6.45, 7) is 7.31. The fourth-order valence-electron chi connectivity index (χ4n) is 4.22. The van der Waals surface area contributed by atoms with Gasteiger partial charge in [0.2, 0.25) is 0 Å². The van der Waals surface area contributed by atoms with E-state index in [0.29, 0.717) is 5.82 Å². The zero-order valence-electron chi connectivity index (χ0n) is 17.9. The highest BCUT2D eigenvalue weighted by Crippen LogP contribution is 2.36. The Labute approximate surface area is 175 Å². The number of fused-ring (bicyclic) bond motifs is 3. The molecule has 160 valence electrons. The number of aliphatic hydroxyl groups is 1. The van der Waals surface area contributed by atoms with Gasteiger partial charge in [-0.05, 0) is 65.5 Å². The number of nitrogens with one attached hydrogen (secondary N) is 1. The van der Waals surface area contributed by atoms with Crippen molar-refractivity contribution in [2.75, 3.05) is 0 Å². The summed E-state index contributed by atoms with van der Waals surface area (Å²) in [5, 5.41) is 13.4. The number of pyridine rings is 2. The molecule has 1 fully saturated rings. The molecule has 8 nitrogen and oxygen atoms in total. The molecule has 0 radical (unpaired) electrons. The molecular weight excluding hydrogens is 382 g/mol. The SMILES string of the molecule is C[C@@H](O)c1nc2cnc3cccnc3c2n1[C@H]1CC[C@H](NC(=O)OC(C)(C)C)CC1. The Bertz CT molecular complexity index is 1060. The molecule has 3 aromatic heterocycles. The first kappa shape index (κ1) is 20.5. The molecule has 0 aromatic carbocycles. The van der Waals surface area contributed by atoms with Gasteiger partial charge in [0.1, 0.15) is 28.6 Å². The first-order valence-electron chi connectivity index (χ1n) is 10.5. The quantitative estimate of drug-likeness (QED) is 0.674.